The van der Waals surface area contributed by atoms with Crippen molar-refractivity contribution in [2.45, 2.75) is 36.6 Å². The molecule has 2 saturated heterocycles. The summed E-state index contributed by atoms with van der Waals surface area (Å²) in [6.45, 7) is 1.31. The Morgan fingerprint density at radius 3 is 1.85 bits per heavy atom. The fraction of sp³-hybridized carbons (Fsp3) is 0.400. The van der Waals surface area contributed by atoms with Crippen molar-refractivity contribution >= 4 is 18.7 Å². The highest BCUT2D eigenvalue weighted by Gasteiger charge is 2.45. The average molecular weight is 373 g/mol. The molecule has 4 rings (SSSR count). The van der Waals surface area contributed by atoms with Crippen LogP contribution in [0.4, 0.5) is 0 Å². The van der Waals surface area contributed by atoms with E-state index in [1.165, 1.54) is 0 Å². The van der Waals surface area contributed by atoms with Crippen molar-refractivity contribution in [3.63, 3.8) is 0 Å². The van der Waals surface area contributed by atoms with Gasteiger partial charge < -0.3 is 18.8 Å². The molecule has 2 aromatic rings. The van der Waals surface area contributed by atoms with Gasteiger partial charge >= 0.3 is 7.12 Å². The molecule has 0 aromatic heterocycles. The lowest BCUT2D eigenvalue weighted by Crippen LogP contribution is -2.29. The zero-order chi connectivity index (χ0) is 17.8. The van der Waals surface area contributed by atoms with Crippen LogP contribution in [0.1, 0.15) is 36.2 Å². The fourth-order valence-electron chi connectivity index (χ4n) is 3.43. The van der Waals surface area contributed by atoms with Crippen molar-refractivity contribution in [1.29, 1.82) is 0 Å². The van der Waals surface area contributed by atoms with Crippen LogP contribution in [-0.4, -0.2) is 31.9 Å². The molecule has 0 saturated carbocycles. The van der Waals surface area contributed by atoms with Gasteiger partial charge in [-0.2, -0.15) is 0 Å². The molecule has 0 N–H and O–H groups in total. The molecule has 2 fully saturated rings. The van der Waals surface area contributed by atoms with Gasteiger partial charge in [-0.3, -0.25) is 0 Å². The van der Waals surface area contributed by atoms with Crippen molar-refractivity contribution in [2.75, 3.05) is 13.2 Å². The molecule has 136 valence electrons. The Labute approximate surface area is 159 Å². The summed E-state index contributed by atoms with van der Waals surface area (Å²) in [7, 11) is -0.464. The van der Waals surface area contributed by atoms with Gasteiger partial charge in [0.2, 0.25) is 0 Å². The number of alkyl halides is 1. The Bertz CT molecular complexity index is 633. The largest absolute Gasteiger partial charge is 0.477 e. The topological polar surface area (TPSA) is 36.9 Å². The maximum absolute atomic E-state index is 6.61. The summed E-state index contributed by atoms with van der Waals surface area (Å²) in [5.74, 6) is 0. The number of ether oxygens (including phenoxy) is 2. The summed E-state index contributed by atoms with van der Waals surface area (Å²) in [6, 6.07) is 20.3. The first-order valence-corrected chi connectivity index (χ1v) is 9.53. The molecule has 3 atom stereocenters. The first-order chi connectivity index (χ1) is 12.8. The molecule has 0 spiro atoms. The summed E-state index contributed by atoms with van der Waals surface area (Å²) in [6.07, 6.45) is 0.934. The standard InChI is InChI=1S/C20H22BClO4/c22-17(11-12-18-23-13-14-24-18)21-25-19(15-7-3-1-4-8-15)20(26-21)16-9-5-2-6-10-16/h1-10,17-20H,11-14H2/t17-,19-,20-/m1/s1. The Morgan fingerprint density at radius 1 is 0.846 bits per heavy atom. The van der Waals surface area contributed by atoms with Gasteiger partial charge in [-0.05, 0) is 24.0 Å². The van der Waals surface area contributed by atoms with Crippen LogP contribution in [0.25, 0.3) is 0 Å². The molecule has 2 aliphatic rings. The maximum Gasteiger partial charge on any atom is 0.477 e. The van der Waals surface area contributed by atoms with Crippen LogP contribution in [-0.2, 0) is 18.8 Å². The van der Waals surface area contributed by atoms with E-state index >= 15 is 0 Å². The molecule has 2 aliphatic heterocycles. The molecular formula is C20H22BClO4. The zero-order valence-electron chi connectivity index (χ0n) is 14.5. The van der Waals surface area contributed by atoms with E-state index in [4.69, 9.17) is 30.4 Å². The molecule has 26 heavy (non-hydrogen) atoms. The number of hydrogen-bond acceptors (Lipinski definition) is 4. The van der Waals surface area contributed by atoms with Crippen LogP contribution in [0.3, 0.4) is 0 Å². The SMILES string of the molecule is Cl[C@H](CCC1OCCO1)B1O[C@H](c2ccccc2)[C@@H](c2ccccc2)O1. The summed E-state index contributed by atoms with van der Waals surface area (Å²) in [5.41, 5.74) is 2.19. The van der Waals surface area contributed by atoms with Crippen LogP contribution in [0.5, 0.6) is 0 Å². The van der Waals surface area contributed by atoms with Crippen molar-refractivity contribution in [3.05, 3.63) is 71.8 Å². The van der Waals surface area contributed by atoms with E-state index < -0.39 is 7.12 Å². The van der Waals surface area contributed by atoms with E-state index in [9.17, 15) is 0 Å². The van der Waals surface area contributed by atoms with Crippen LogP contribution in [0.15, 0.2) is 60.7 Å². The summed E-state index contributed by atoms with van der Waals surface area (Å²) in [4.78, 5) is 0. The Kier molecular flexibility index (Phi) is 5.93. The maximum atomic E-state index is 6.61. The Morgan fingerprint density at radius 2 is 1.35 bits per heavy atom. The lowest BCUT2D eigenvalue weighted by molar-refractivity contribution is -0.0473. The third kappa shape index (κ3) is 4.13. The van der Waals surface area contributed by atoms with Crippen molar-refractivity contribution in [1.82, 2.24) is 0 Å². The van der Waals surface area contributed by atoms with Crippen LogP contribution in [0.2, 0.25) is 0 Å². The van der Waals surface area contributed by atoms with Crippen molar-refractivity contribution in [3.8, 4) is 0 Å². The Hall–Kier alpha value is -1.37. The van der Waals surface area contributed by atoms with Gasteiger partial charge in [-0.15, -0.1) is 11.6 Å². The number of halogens is 1. The van der Waals surface area contributed by atoms with E-state index in [2.05, 4.69) is 24.3 Å². The third-order valence-corrected chi connectivity index (χ3v) is 5.18. The van der Waals surface area contributed by atoms with Crippen molar-refractivity contribution in [2.24, 2.45) is 0 Å². The van der Waals surface area contributed by atoms with E-state index in [0.29, 0.717) is 19.6 Å². The first kappa shape index (κ1) is 18.0. The lowest BCUT2D eigenvalue weighted by atomic mass is 9.81. The molecule has 0 amide bonds. The van der Waals surface area contributed by atoms with Crippen LogP contribution < -0.4 is 0 Å². The third-order valence-electron chi connectivity index (χ3n) is 4.76. The predicted octanol–water partition coefficient (Wildman–Crippen LogP) is 4.30. The fourth-order valence-corrected chi connectivity index (χ4v) is 3.68. The van der Waals surface area contributed by atoms with Gasteiger partial charge in [-0.25, -0.2) is 0 Å². The normalized spacial score (nSPS) is 24.9. The van der Waals surface area contributed by atoms with Gasteiger partial charge in [0, 0.05) is 0 Å². The van der Waals surface area contributed by atoms with E-state index in [1.54, 1.807) is 0 Å². The molecule has 2 heterocycles. The highest BCUT2D eigenvalue weighted by molar-refractivity contribution is 6.59. The second-order valence-corrected chi connectivity index (χ2v) is 7.13. The first-order valence-electron chi connectivity index (χ1n) is 9.09. The molecule has 2 aromatic carbocycles. The monoisotopic (exact) mass is 372 g/mol. The number of hydrogen-bond donors (Lipinski definition) is 0. The Balaban J connectivity index is 1.47. The highest BCUT2D eigenvalue weighted by atomic mass is 35.5. The van der Waals surface area contributed by atoms with Crippen molar-refractivity contribution < 1.29 is 18.8 Å². The summed E-state index contributed by atoms with van der Waals surface area (Å²) in [5, 5.41) is -0.261. The number of rotatable bonds is 6. The quantitative estimate of drug-likeness (QED) is 0.559. The molecule has 0 bridgehead atoms. The molecule has 0 unspecified atom stereocenters. The zero-order valence-corrected chi connectivity index (χ0v) is 15.3. The number of benzene rings is 2. The summed E-state index contributed by atoms with van der Waals surface area (Å²) < 4.78 is 23.5. The molecule has 0 radical (unpaired) electrons. The van der Waals surface area contributed by atoms with Gasteiger partial charge in [0.15, 0.2) is 6.29 Å². The van der Waals surface area contributed by atoms with E-state index in [-0.39, 0.29) is 23.8 Å². The van der Waals surface area contributed by atoms with Gasteiger partial charge in [0.05, 0.1) is 30.7 Å². The van der Waals surface area contributed by atoms with Crippen LogP contribution in [0, 0.1) is 0 Å². The second kappa shape index (κ2) is 8.55. The molecule has 0 aliphatic carbocycles. The highest BCUT2D eigenvalue weighted by Crippen LogP contribution is 2.43. The molecule has 4 nitrogen and oxygen atoms in total. The van der Waals surface area contributed by atoms with Gasteiger partial charge in [-0.1, -0.05) is 60.7 Å². The van der Waals surface area contributed by atoms with E-state index in [0.717, 1.165) is 17.5 Å². The van der Waals surface area contributed by atoms with E-state index in [1.807, 2.05) is 36.4 Å². The molecular weight excluding hydrogens is 350 g/mol. The lowest BCUT2D eigenvalue weighted by Gasteiger charge is -2.19. The van der Waals surface area contributed by atoms with Crippen LogP contribution >= 0.6 is 11.6 Å². The minimum Gasteiger partial charge on any atom is -0.400 e. The second-order valence-electron chi connectivity index (χ2n) is 6.57. The average Bonchev–Trinajstić information content (AvgIpc) is 3.37. The smallest absolute Gasteiger partial charge is 0.400 e. The minimum absolute atomic E-state index is 0.160. The van der Waals surface area contributed by atoms with Gasteiger partial charge in [0.25, 0.3) is 0 Å². The predicted molar refractivity (Wildman–Crippen MR) is 101 cm³/mol. The van der Waals surface area contributed by atoms with Gasteiger partial charge in [0.1, 0.15) is 0 Å². The molecule has 6 heteroatoms. The summed E-state index contributed by atoms with van der Waals surface area (Å²) >= 11 is 6.61. The minimum atomic E-state index is -0.464.